The number of hydrogen-bond donors (Lipinski definition) is 0. The molecule has 0 aromatic carbocycles. The number of aromatic nitrogens is 2. The molecule has 0 saturated heterocycles. The van der Waals surface area contributed by atoms with E-state index >= 15 is 0 Å². The molecule has 17 heavy (non-hydrogen) atoms. The van der Waals surface area contributed by atoms with Gasteiger partial charge in [-0.3, -0.25) is 4.79 Å². The van der Waals surface area contributed by atoms with Crippen LogP contribution in [0, 0.1) is 6.92 Å². The Labute approximate surface area is 104 Å². The minimum atomic E-state index is 0.275. The van der Waals surface area contributed by atoms with Crippen LogP contribution >= 0.6 is 0 Å². The summed E-state index contributed by atoms with van der Waals surface area (Å²) in [5.41, 5.74) is 0. The van der Waals surface area contributed by atoms with Crippen LogP contribution in [0.2, 0.25) is 0 Å². The van der Waals surface area contributed by atoms with Gasteiger partial charge in [0.05, 0.1) is 0 Å². The molecule has 0 bridgehead atoms. The number of imidazole rings is 1. The first-order valence-electron chi connectivity index (χ1n) is 6.44. The van der Waals surface area contributed by atoms with Crippen LogP contribution < -0.4 is 0 Å². The van der Waals surface area contributed by atoms with Crippen LogP contribution in [0.15, 0.2) is 12.4 Å². The number of carbonyl (C=O) groups is 1. The molecule has 4 nitrogen and oxygen atoms in total. The fourth-order valence-electron chi connectivity index (χ4n) is 1.93. The zero-order valence-corrected chi connectivity index (χ0v) is 11.1. The summed E-state index contributed by atoms with van der Waals surface area (Å²) in [6.07, 6.45) is 6.45. The average molecular weight is 237 g/mol. The zero-order valence-electron chi connectivity index (χ0n) is 11.1. The normalized spacial score (nSPS) is 10.5. The smallest absolute Gasteiger partial charge is 0.222 e. The van der Waals surface area contributed by atoms with E-state index in [2.05, 4.69) is 9.55 Å². The molecular weight excluding hydrogens is 214 g/mol. The standard InChI is InChI=1S/C13H23N3O/c1-4-15(5-2)13(17)8-6-7-10-16-11-9-14-12(16)3/h9,11H,4-8,10H2,1-3H3. The summed E-state index contributed by atoms with van der Waals surface area (Å²) in [4.78, 5) is 17.8. The minimum absolute atomic E-state index is 0.275. The Morgan fingerprint density at radius 1 is 1.35 bits per heavy atom. The van der Waals surface area contributed by atoms with Crippen LogP contribution in [-0.2, 0) is 11.3 Å². The highest BCUT2D eigenvalue weighted by molar-refractivity contribution is 5.75. The molecule has 0 aliphatic heterocycles. The maximum absolute atomic E-state index is 11.7. The highest BCUT2D eigenvalue weighted by atomic mass is 16.2. The molecule has 1 heterocycles. The molecule has 0 saturated carbocycles. The Balaban J connectivity index is 2.20. The summed E-state index contributed by atoms with van der Waals surface area (Å²) in [5, 5.41) is 0. The molecule has 1 amide bonds. The van der Waals surface area contributed by atoms with Crippen molar-refractivity contribution in [1.82, 2.24) is 14.5 Å². The van der Waals surface area contributed by atoms with Gasteiger partial charge in [0.2, 0.25) is 5.91 Å². The van der Waals surface area contributed by atoms with Crippen molar-refractivity contribution in [1.29, 1.82) is 0 Å². The Morgan fingerprint density at radius 2 is 2.06 bits per heavy atom. The second-order valence-corrected chi connectivity index (χ2v) is 4.19. The first kappa shape index (κ1) is 13.7. The van der Waals surface area contributed by atoms with Crippen molar-refractivity contribution in [2.75, 3.05) is 13.1 Å². The Hall–Kier alpha value is -1.32. The number of rotatable bonds is 7. The molecule has 1 rings (SSSR count). The maximum atomic E-state index is 11.7. The SMILES string of the molecule is CCN(CC)C(=O)CCCCn1ccnc1C. The molecule has 4 heteroatoms. The number of amides is 1. The van der Waals surface area contributed by atoms with Crippen LogP contribution in [0.25, 0.3) is 0 Å². The summed E-state index contributed by atoms with van der Waals surface area (Å²) >= 11 is 0. The fraction of sp³-hybridized carbons (Fsp3) is 0.692. The van der Waals surface area contributed by atoms with Crippen molar-refractivity contribution >= 4 is 5.91 Å². The summed E-state index contributed by atoms with van der Waals surface area (Å²) in [7, 11) is 0. The number of nitrogens with zero attached hydrogens (tertiary/aromatic N) is 3. The fourth-order valence-corrected chi connectivity index (χ4v) is 1.93. The van der Waals surface area contributed by atoms with Gasteiger partial charge in [0.15, 0.2) is 0 Å². The molecule has 0 aliphatic rings. The van der Waals surface area contributed by atoms with E-state index in [-0.39, 0.29) is 5.91 Å². The maximum Gasteiger partial charge on any atom is 0.222 e. The predicted octanol–water partition coefficient (Wildman–Crippen LogP) is 2.23. The van der Waals surface area contributed by atoms with Gasteiger partial charge in [0.25, 0.3) is 0 Å². The Kier molecular flexibility index (Phi) is 5.73. The molecule has 0 fully saturated rings. The van der Waals surface area contributed by atoms with Gasteiger partial charge in [0.1, 0.15) is 5.82 Å². The third kappa shape index (κ3) is 4.21. The number of carbonyl (C=O) groups excluding carboxylic acids is 1. The van der Waals surface area contributed by atoms with Crippen molar-refractivity contribution in [3.8, 4) is 0 Å². The summed E-state index contributed by atoms with van der Waals surface area (Å²) in [6.45, 7) is 8.64. The Bertz CT molecular complexity index is 342. The van der Waals surface area contributed by atoms with Crippen molar-refractivity contribution in [3.05, 3.63) is 18.2 Å². The average Bonchev–Trinajstić information content (AvgIpc) is 2.72. The van der Waals surface area contributed by atoms with E-state index in [9.17, 15) is 4.79 Å². The quantitative estimate of drug-likeness (QED) is 0.682. The lowest BCUT2D eigenvalue weighted by Gasteiger charge is -2.18. The van der Waals surface area contributed by atoms with E-state index < -0.39 is 0 Å². The number of aryl methyl sites for hydroxylation is 2. The summed E-state index contributed by atoms with van der Waals surface area (Å²) in [6, 6.07) is 0. The third-order valence-electron chi connectivity index (χ3n) is 3.08. The molecule has 0 unspecified atom stereocenters. The van der Waals surface area contributed by atoms with E-state index in [1.54, 1.807) is 0 Å². The topological polar surface area (TPSA) is 38.1 Å². The molecule has 96 valence electrons. The van der Waals surface area contributed by atoms with Gasteiger partial charge in [-0.2, -0.15) is 0 Å². The summed E-state index contributed by atoms with van der Waals surface area (Å²) in [5.74, 6) is 1.32. The summed E-state index contributed by atoms with van der Waals surface area (Å²) < 4.78 is 2.13. The highest BCUT2D eigenvalue weighted by Gasteiger charge is 2.08. The Morgan fingerprint density at radius 3 is 2.59 bits per heavy atom. The van der Waals surface area contributed by atoms with Crippen molar-refractivity contribution in [2.24, 2.45) is 0 Å². The molecule has 0 radical (unpaired) electrons. The van der Waals surface area contributed by atoms with Crippen molar-refractivity contribution < 1.29 is 4.79 Å². The lowest BCUT2D eigenvalue weighted by Crippen LogP contribution is -2.30. The van der Waals surface area contributed by atoms with Crippen LogP contribution in [0.3, 0.4) is 0 Å². The van der Waals surface area contributed by atoms with Gasteiger partial charge in [-0.15, -0.1) is 0 Å². The van der Waals surface area contributed by atoms with Gasteiger partial charge in [0, 0.05) is 38.4 Å². The monoisotopic (exact) mass is 237 g/mol. The van der Waals surface area contributed by atoms with Crippen LogP contribution in [0.5, 0.6) is 0 Å². The van der Waals surface area contributed by atoms with Gasteiger partial charge in [-0.1, -0.05) is 0 Å². The second kappa shape index (κ2) is 7.09. The van der Waals surface area contributed by atoms with Crippen molar-refractivity contribution in [2.45, 2.75) is 46.6 Å². The van der Waals surface area contributed by atoms with Gasteiger partial charge in [-0.25, -0.2) is 4.98 Å². The molecule has 0 N–H and O–H groups in total. The van der Waals surface area contributed by atoms with Gasteiger partial charge in [-0.05, 0) is 33.6 Å². The van der Waals surface area contributed by atoms with E-state index in [4.69, 9.17) is 0 Å². The molecule has 1 aromatic rings. The van der Waals surface area contributed by atoms with E-state index in [1.807, 2.05) is 38.1 Å². The molecule has 0 spiro atoms. The third-order valence-corrected chi connectivity index (χ3v) is 3.08. The van der Waals surface area contributed by atoms with E-state index in [1.165, 1.54) is 0 Å². The van der Waals surface area contributed by atoms with Gasteiger partial charge >= 0.3 is 0 Å². The zero-order chi connectivity index (χ0) is 12.7. The van der Waals surface area contributed by atoms with Crippen LogP contribution in [0.4, 0.5) is 0 Å². The van der Waals surface area contributed by atoms with E-state index in [0.717, 1.165) is 38.3 Å². The minimum Gasteiger partial charge on any atom is -0.343 e. The van der Waals surface area contributed by atoms with Gasteiger partial charge < -0.3 is 9.47 Å². The molecular formula is C13H23N3O. The predicted molar refractivity (Wildman–Crippen MR) is 68.7 cm³/mol. The number of unbranched alkanes of at least 4 members (excludes halogenated alkanes) is 1. The lowest BCUT2D eigenvalue weighted by atomic mass is 10.2. The lowest BCUT2D eigenvalue weighted by molar-refractivity contribution is -0.130. The van der Waals surface area contributed by atoms with Crippen molar-refractivity contribution in [3.63, 3.8) is 0 Å². The van der Waals surface area contributed by atoms with Crippen LogP contribution in [0.1, 0.15) is 38.9 Å². The second-order valence-electron chi connectivity index (χ2n) is 4.19. The number of hydrogen-bond acceptors (Lipinski definition) is 2. The molecule has 0 atom stereocenters. The first-order chi connectivity index (χ1) is 8.19. The highest BCUT2D eigenvalue weighted by Crippen LogP contribution is 2.04. The molecule has 0 aliphatic carbocycles. The van der Waals surface area contributed by atoms with E-state index in [0.29, 0.717) is 6.42 Å². The molecule has 1 aromatic heterocycles. The largest absolute Gasteiger partial charge is 0.343 e. The van der Waals surface area contributed by atoms with Crippen LogP contribution in [-0.4, -0.2) is 33.4 Å². The first-order valence-corrected chi connectivity index (χ1v) is 6.44.